The van der Waals surface area contributed by atoms with Gasteiger partial charge >= 0.3 is 0 Å². The van der Waals surface area contributed by atoms with E-state index in [0.29, 0.717) is 11.5 Å². The predicted octanol–water partition coefficient (Wildman–Crippen LogP) is 4.81. The minimum absolute atomic E-state index is 0.0702. The second kappa shape index (κ2) is 6.76. The number of hydrogen-bond donors (Lipinski definition) is 0. The molecule has 2 aliphatic rings. The molecule has 0 spiro atoms. The summed E-state index contributed by atoms with van der Waals surface area (Å²) in [5.74, 6) is 1.09. The molecule has 0 aromatic rings. The molecule has 0 radical (unpaired) electrons. The van der Waals surface area contributed by atoms with Crippen LogP contribution in [0.1, 0.15) is 60.3 Å². The van der Waals surface area contributed by atoms with Gasteiger partial charge in [-0.3, -0.25) is 9.59 Å². The van der Waals surface area contributed by atoms with Crippen LogP contribution in [0.15, 0.2) is 34.4 Å². The summed E-state index contributed by atoms with van der Waals surface area (Å²) in [4.78, 5) is 25.0. The van der Waals surface area contributed by atoms with Gasteiger partial charge < -0.3 is 0 Å². The van der Waals surface area contributed by atoms with Crippen LogP contribution in [0, 0.1) is 17.8 Å². The highest BCUT2D eigenvalue weighted by molar-refractivity contribution is 6.23. The molecule has 2 nitrogen and oxygen atoms in total. The molecular weight excluding hydrogens is 272 g/mol. The van der Waals surface area contributed by atoms with Crippen LogP contribution >= 0.6 is 0 Å². The van der Waals surface area contributed by atoms with E-state index in [1.807, 2.05) is 0 Å². The van der Waals surface area contributed by atoms with E-state index in [1.165, 1.54) is 11.6 Å². The third-order valence-electron chi connectivity index (χ3n) is 5.14. The van der Waals surface area contributed by atoms with Crippen LogP contribution in [0.3, 0.4) is 0 Å². The highest BCUT2D eigenvalue weighted by atomic mass is 16.1. The molecule has 0 bridgehead atoms. The Morgan fingerprint density at radius 3 is 2.59 bits per heavy atom. The summed E-state index contributed by atoms with van der Waals surface area (Å²) in [6, 6.07) is 0. The van der Waals surface area contributed by atoms with Gasteiger partial charge in [0.1, 0.15) is 0 Å². The van der Waals surface area contributed by atoms with Gasteiger partial charge in [-0.25, -0.2) is 0 Å². The summed E-state index contributed by atoms with van der Waals surface area (Å²) in [5.41, 5.74) is 3.60. The molecule has 22 heavy (non-hydrogen) atoms. The second-order valence-corrected chi connectivity index (χ2v) is 7.27. The Morgan fingerprint density at radius 1 is 1.27 bits per heavy atom. The van der Waals surface area contributed by atoms with Gasteiger partial charge in [-0.05, 0) is 70.3 Å². The van der Waals surface area contributed by atoms with E-state index in [4.69, 9.17) is 0 Å². The van der Waals surface area contributed by atoms with Crippen molar-refractivity contribution >= 4 is 11.6 Å². The Balaban J connectivity index is 2.27. The van der Waals surface area contributed by atoms with Gasteiger partial charge in [0.2, 0.25) is 0 Å². The van der Waals surface area contributed by atoms with Crippen molar-refractivity contribution in [1.29, 1.82) is 0 Å². The number of hydrogen-bond acceptors (Lipinski definition) is 2. The highest BCUT2D eigenvalue weighted by Gasteiger charge is 2.39. The van der Waals surface area contributed by atoms with E-state index >= 15 is 0 Å². The summed E-state index contributed by atoms with van der Waals surface area (Å²) in [6.45, 7) is 10.3. The molecule has 3 atom stereocenters. The van der Waals surface area contributed by atoms with Gasteiger partial charge in [0.25, 0.3) is 0 Å². The third-order valence-corrected chi connectivity index (χ3v) is 5.14. The maximum atomic E-state index is 12.7. The zero-order valence-corrected chi connectivity index (χ0v) is 14.5. The minimum Gasteiger partial charge on any atom is -0.290 e. The molecular formula is C20H28O2. The number of ketones is 2. The van der Waals surface area contributed by atoms with Crippen molar-refractivity contribution in [1.82, 2.24) is 0 Å². The molecule has 0 N–H and O–H groups in total. The quantitative estimate of drug-likeness (QED) is 0.551. The van der Waals surface area contributed by atoms with Crippen molar-refractivity contribution in [2.24, 2.45) is 17.8 Å². The lowest BCUT2D eigenvalue weighted by Crippen LogP contribution is -2.33. The van der Waals surface area contributed by atoms with Crippen LogP contribution < -0.4 is 0 Å². The fourth-order valence-corrected chi connectivity index (χ4v) is 3.81. The van der Waals surface area contributed by atoms with Crippen LogP contribution in [-0.2, 0) is 9.59 Å². The van der Waals surface area contributed by atoms with Crippen molar-refractivity contribution in [3.8, 4) is 0 Å². The summed E-state index contributed by atoms with van der Waals surface area (Å²) < 4.78 is 0. The van der Waals surface area contributed by atoms with Crippen molar-refractivity contribution in [3.05, 3.63) is 34.4 Å². The molecule has 0 saturated carbocycles. The maximum absolute atomic E-state index is 12.7. The molecule has 0 saturated heterocycles. The molecule has 2 rings (SSSR count). The van der Waals surface area contributed by atoms with E-state index in [9.17, 15) is 9.59 Å². The minimum atomic E-state index is 0.0702. The molecule has 0 aromatic heterocycles. The standard InChI is InChI=1S/C20H28O2/c1-12(2)7-6-8-13(3)16-10-9-14(4)18-17(21)11-15(5)20(22)19(16)18/h7,11,13-14,16H,6,8-10H2,1-5H3/t13-,14-,16+/m0/s1. The van der Waals surface area contributed by atoms with Gasteiger partial charge in [-0.1, -0.05) is 25.5 Å². The summed E-state index contributed by atoms with van der Waals surface area (Å²) in [5, 5.41) is 0. The normalized spacial score (nSPS) is 26.5. The third kappa shape index (κ3) is 3.31. The summed E-state index contributed by atoms with van der Waals surface area (Å²) in [6.07, 6.45) is 7.97. The number of allylic oxidation sites excluding steroid dienone is 6. The Kier molecular flexibility index (Phi) is 5.20. The van der Waals surface area contributed by atoms with Crippen molar-refractivity contribution in [2.75, 3.05) is 0 Å². The number of carbonyl (C=O) groups is 2. The smallest absolute Gasteiger partial charge is 0.185 e. The molecule has 0 amide bonds. The Hall–Kier alpha value is -1.44. The number of Topliss-reactive ketones (excluding diaryl/α,β-unsaturated/α-hetero) is 1. The highest BCUT2D eigenvalue weighted by Crippen LogP contribution is 2.43. The zero-order valence-electron chi connectivity index (χ0n) is 14.5. The first-order valence-electron chi connectivity index (χ1n) is 8.47. The first-order chi connectivity index (χ1) is 10.3. The average molecular weight is 300 g/mol. The topological polar surface area (TPSA) is 34.1 Å². The van der Waals surface area contributed by atoms with Crippen LogP contribution in [0.25, 0.3) is 0 Å². The fourth-order valence-electron chi connectivity index (χ4n) is 3.81. The van der Waals surface area contributed by atoms with E-state index in [1.54, 1.807) is 6.92 Å². The molecule has 0 aromatic carbocycles. The monoisotopic (exact) mass is 300 g/mol. The van der Waals surface area contributed by atoms with Crippen LogP contribution in [0.2, 0.25) is 0 Å². The molecule has 0 unspecified atom stereocenters. The van der Waals surface area contributed by atoms with Gasteiger partial charge in [0, 0.05) is 16.7 Å². The summed E-state index contributed by atoms with van der Waals surface area (Å²) in [7, 11) is 0. The molecule has 0 fully saturated rings. The van der Waals surface area contributed by atoms with Gasteiger partial charge in [-0.2, -0.15) is 0 Å². The number of carbonyl (C=O) groups excluding carboxylic acids is 2. The Morgan fingerprint density at radius 2 is 1.95 bits per heavy atom. The SMILES string of the molecule is CC(C)=CCC[C@H](C)[C@H]1CC[C@H](C)C2=C1C(=O)C(C)=CC2=O. The fraction of sp³-hybridized carbons (Fsp3) is 0.600. The predicted molar refractivity (Wildman–Crippen MR) is 90.5 cm³/mol. The van der Waals surface area contributed by atoms with Gasteiger partial charge in [0.15, 0.2) is 11.6 Å². The van der Waals surface area contributed by atoms with Gasteiger partial charge in [-0.15, -0.1) is 0 Å². The molecule has 2 aliphatic carbocycles. The van der Waals surface area contributed by atoms with Crippen LogP contribution in [-0.4, -0.2) is 11.6 Å². The average Bonchev–Trinajstić information content (AvgIpc) is 2.43. The lowest BCUT2D eigenvalue weighted by atomic mass is 9.67. The van der Waals surface area contributed by atoms with Crippen LogP contribution in [0.5, 0.6) is 0 Å². The molecule has 0 aliphatic heterocycles. The summed E-state index contributed by atoms with van der Waals surface area (Å²) >= 11 is 0. The lowest BCUT2D eigenvalue weighted by molar-refractivity contribution is -0.117. The van der Waals surface area contributed by atoms with Crippen molar-refractivity contribution in [3.63, 3.8) is 0 Å². The van der Waals surface area contributed by atoms with E-state index in [0.717, 1.165) is 36.8 Å². The first-order valence-corrected chi connectivity index (χ1v) is 8.47. The number of rotatable bonds is 4. The van der Waals surface area contributed by atoms with E-state index in [-0.39, 0.29) is 23.4 Å². The van der Waals surface area contributed by atoms with Crippen molar-refractivity contribution < 1.29 is 9.59 Å². The van der Waals surface area contributed by atoms with Gasteiger partial charge in [0.05, 0.1) is 0 Å². The Bertz CT molecular complexity index is 571. The van der Waals surface area contributed by atoms with Crippen LogP contribution in [0.4, 0.5) is 0 Å². The Labute approximate surface area is 134 Å². The largest absolute Gasteiger partial charge is 0.290 e. The van der Waals surface area contributed by atoms with E-state index in [2.05, 4.69) is 33.8 Å². The molecule has 120 valence electrons. The van der Waals surface area contributed by atoms with Crippen molar-refractivity contribution in [2.45, 2.75) is 60.3 Å². The maximum Gasteiger partial charge on any atom is 0.185 e. The zero-order chi connectivity index (χ0) is 16.4. The molecule has 2 heteroatoms. The second-order valence-electron chi connectivity index (χ2n) is 7.27. The van der Waals surface area contributed by atoms with E-state index < -0.39 is 0 Å². The lowest BCUT2D eigenvalue weighted by Gasteiger charge is -2.36. The first kappa shape index (κ1) is 16.9. The molecule has 0 heterocycles.